The number of hydrogen-bond donors (Lipinski definition) is 1. The third-order valence-corrected chi connectivity index (χ3v) is 3.78. The van der Waals surface area contributed by atoms with Gasteiger partial charge in [0.2, 0.25) is 0 Å². The first-order chi connectivity index (χ1) is 10.2. The Balaban J connectivity index is 1.91. The van der Waals surface area contributed by atoms with Crippen LogP contribution in [-0.2, 0) is 0 Å². The van der Waals surface area contributed by atoms with Crippen LogP contribution >= 0.6 is 0 Å². The molecule has 1 fully saturated rings. The highest BCUT2D eigenvalue weighted by molar-refractivity contribution is 5.64. The summed E-state index contributed by atoms with van der Waals surface area (Å²) in [6.45, 7) is 4.71. The highest BCUT2D eigenvalue weighted by Gasteiger charge is 2.26. The molecule has 6 nitrogen and oxygen atoms in total. The fraction of sp³-hybridized carbons (Fsp3) is 0.533. The summed E-state index contributed by atoms with van der Waals surface area (Å²) in [5.41, 5.74) is 7.50. The minimum atomic E-state index is 0.291. The summed E-state index contributed by atoms with van der Waals surface area (Å²) in [5.74, 6) is 2.32. The Bertz CT molecular complexity index is 620. The lowest BCUT2D eigenvalue weighted by Gasteiger charge is -2.14. The van der Waals surface area contributed by atoms with E-state index < -0.39 is 0 Å². The lowest BCUT2D eigenvalue weighted by atomic mass is 10.1. The fourth-order valence-corrected chi connectivity index (χ4v) is 2.62. The van der Waals surface area contributed by atoms with Gasteiger partial charge in [-0.3, -0.25) is 0 Å². The van der Waals surface area contributed by atoms with Gasteiger partial charge in [0.1, 0.15) is 5.75 Å². The van der Waals surface area contributed by atoms with Gasteiger partial charge in [0.15, 0.2) is 5.82 Å². The summed E-state index contributed by atoms with van der Waals surface area (Å²) >= 11 is 0. The van der Waals surface area contributed by atoms with Crippen LogP contribution in [-0.4, -0.2) is 26.8 Å². The van der Waals surface area contributed by atoms with E-state index in [4.69, 9.17) is 10.5 Å². The molecule has 0 aliphatic heterocycles. The molecule has 1 aliphatic rings. The second-order valence-corrected chi connectivity index (χ2v) is 5.70. The van der Waals surface area contributed by atoms with Crippen LogP contribution in [0, 0.1) is 5.92 Å². The van der Waals surface area contributed by atoms with Gasteiger partial charge in [0, 0.05) is 17.3 Å². The van der Waals surface area contributed by atoms with E-state index in [9.17, 15) is 0 Å². The number of rotatable bonds is 6. The Labute approximate surface area is 124 Å². The molecule has 0 spiro atoms. The minimum Gasteiger partial charge on any atom is -0.494 e. The van der Waals surface area contributed by atoms with Gasteiger partial charge in [-0.05, 0) is 48.7 Å². The zero-order valence-corrected chi connectivity index (χ0v) is 12.5. The van der Waals surface area contributed by atoms with E-state index in [0.29, 0.717) is 18.3 Å². The zero-order valence-electron chi connectivity index (χ0n) is 12.5. The first kappa shape index (κ1) is 13.9. The number of aromatic nitrogens is 4. The van der Waals surface area contributed by atoms with E-state index in [0.717, 1.165) is 29.5 Å². The molecule has 0 bridgehead atoms. The van der Waals surface area contributed by atoms with Crippen LogP contribution in [0.1, 0.15) is 39.2 Å². The summed E-state index contributed by atoms with van der Waals surface area (Å²) in [5, 5.41) is 12.2. The maximum atomic E-state index is 5.95. The summed E-state index contributed by atoms with van der Waals surface area (Å²) < 4.78 is 7.43. The van der Waals surface area contributed by atoms with Crippen LogP contribution in [0.15, 0.2) is 18.2 Å². The second-order valence-electron chi connectivity index (χ2n) is 5.70. The number of hydrogen-bond acceptors (Lipinski definition) is 5. The zero-order chi connectivity index (χ0) is 14.8. The number of nitrogens with two attached hydrogens (primary N) is 1. The maximum Gasteiger partial charge on any atom is 0.182 e. The van der Waals surface area contributed by atoms with Crippen LogP contribution in [0.2, 0.25) is 0 Å². The number of anilines is 1. The average molecular weight is 287 g/mol. The molecule has 1 unspecified atom stereocenters. The summed E-state index contributed by atoms with van der Waals surface area (Å²) in [4.78, 5) is 0. The molecule has 1 aromatic carbocycles. The van der Waals surface area contributed by atoms with E-state index in [2.05, 4.69) is 22.4 Å². The SMILES string of the molecule is CCOc1cc(N)cc(-c2nnnn2C(C)CC2CC2)c1. The number of nitrogens with zero attached hydrogens (tertiary/aromatic N) is 4. The van der Waals surface area contributed by atoms with Crippen molar-refractivity contribution in [1.82, 2.24) is 20.2 Å². The fourth-order valence-electron chi connectivity index (χ4n) is 2.62. The van der Waals surface area contributed by atoms with Crippen LogP contribution in [0.4, 0.5) is 5.69 Å². The monoisotopic (exact) mass is 287 g/mol. The lowest BCUT2D eigenvalue weighted by Crippen LogP contribution is -2.10. The van der Waals surface area contributed by atoms with Crippen molar-refractivity contribution in [3.05, 3.63) is 18.2 Å². The third-order valence-electron chi connectivity index (χ3n) is 3.78. The van der Waals surface area contributed by atoms with Crippen LogP contribution < -0.4 is 10.5 Å². The van der Waals surface area contributed by atoms with Crippen molar-refractivity contribution in [2.45, 2.75) is 39.2 Å². The molecule has 2 N–H and O–H groups in total. The third kappa shape index (κ3) is 3.15. The molecule has 0 saturated heterocycles. The molecule has 0 radical (unpaired) electrons. The van der Waals surface area contributed by atoms with E-state index >= 15 is 0 Å². The number of nitrogen functional groups attached to an aromatic ring is 1. The van der Waals surface area contributed by atoms with Crippen molar-refractivity contribution in [1.29, 1.82) is 0 Å². The van der Waals surface area contributed by atoms with Gasteiger partial charge in [-0.2, -0.15) is 0 Å². The lowest BCUT2D eigenvalue weighted by molar-refractivity contribution is 0.340. The van der Waals surface area contributed by atoms with Gasteiger partial charge in [0.05, 0.1) is 12.6 Å². The Morgan fingerprint density at radius 2 is 2.19 bits per heavy atom. The predicted molar refractivity (Wildman–Crippen MR) is 80.9 cm³/mol. The normalized spacial score (nSPS) is 15.9. The smallest absolute Gasteiger partial charge is 0.182 e. The molecule has 1 atom stereocenters. The van der Waals surface area contributed by atoms with Crippen LogP contribution in [0.5, 0.6) is 5.75 Å². The van der Waals surface area contributed by atoms with Crippen molar-refractivity contribution in [3.63, 3.8) is 0 Å². The Morgan fingerprint density at radius 3 is 2.90 bits per heavy atom. The summed E-state index contributed by atoms with van der Waals surface area (Å²) in [7, 11) is 0. The first-order valence-electron chi connectivity index (χ1n) is 7.49. The molecular formula is C15H21N5O. The Morgan fingerprint density at radius 1 is 1.38 bits per heavy atom. The molecule has 112 valence electrons. The standard InChI is InChI=1S/C15H21N5O/c1-3-21-14-8-12(7-13(16)9-14)15-17-18-19-20(15)10(2)6-11-4-5-11/h7-11H,3-6,16H2,1-2H3. The Kier molecular flexibility index (Phi) is 3.77. The largest absolute Gasteiger partial charge is 0.494 e. The number of benzene rings is 1. The van der Waals surface area contributed by atoms with E-state index in [1.54, 1.807) is 0 Å². The van der Waals surface area contributed by atoms with Gasteiger partial charge < -0.3 is 10.5 Å². The summed E-state index contributed by atoms with van der Waals surface area (Å²) in [6, 6.07) is 5.93. The average Bonchev–Trinajstić information content (AvgIpc) is 3.11. The van der Waals surface area contributed by atoms with Crippen LogP contribution in [0.3, 0.4) is 0 Å². The Hall–Kier alpha value is -2.11. The van der Waals surface area contributed by atoms with Crippen LogP contribution in [0.25, 0.3) is 11.4 Å². The minimum absolute atomic E-state index is 0.291. The van der Waals surface area contributed by atoms with Gasteiger partial charge in [-0.15, -0.1) is 5.10 Å². The van der Waals surface area contributed by atoms with E-state index in [1.165, 1.54) is 12.8 Å². The molecule has 21 heavy (non-hydrogen) atoms. The highest BCUT2D eigenvalue weighted by atomic mass is 16.5. The molecule has 1 aliphatic carbocycles. The number of ether oxygens (including phenoxy) is 1. The van der Waals surface area contributed by atoms with Crippen molar-refractivity contribution in [2.75, 3.05) is 12.3 Å². The van der Waals surface area contributed by atoms with Crippen molar-refractivity contribution >= 4 is 5.69 Å². The molecule has 3 rings (SSSR count). The van der Waals surface area contributed by atoms with Gasteiger partial charge in [-0.1, -0.05) is 12.8 Å². The predicted octanol–water partition coefficient (Wildman–Crippen LogP) is 2.68. The van der Waals surface area contributed by atoms with Crippen molar-refractivity contribution in [2.24, 2.45) is 5.92 Å². The number of tetrazole rings is 1. The van der Waals surface area contributed by atoms with E-state index in [1.807, 2.05) is 29.8 Å². The summed E-state index contributed by atoms with van der Waals surface area (Å²) in [6.07, 6.45) is 3.78. The van der Waals surface area contributed by atoms with Gasteiger partial charge >= 0.3 is 0 Å². The molecule has 1 aromatic heterocycles. The van der Waals surface area contributed by atoms with Crippen molar-refractivity contribution in [3.8, 4) is 17.1 Å². The topological polar surface area (TPSA) is 78.8 Å². The van der Waals surface area contributed by atoms with E-state index in [-0.39, 0.29) is 0 Å². The molecule has 0 amide bonds. The van der Waals surface area contributed by atoms with Crippen molar-refractivity contribution < 1.29 is 4.74 Å². The first-order valence-corrected chi connectivity index (χ1v) is 7.49. The molecular weight excluding hydrogens is 266 g/mol. The molecule has 6 heteroatoms. The highest BCUT2D eigenvalue weighted by Crippen LogP contribution is 2.37. The van der Waals surface area contributed by atoms with Gasteiger partial charge in [-0.25, -0.2) is 4.68 Å². The van der Waals surface area contributed by atoms with Gasteiger partial charge in [0.25, 0.3) is 0 Å². The molecule has 1 saturated carbocycles. The maximum absolute atomic E-state index is 5.95. The molecule has 1 heterocycles. The quantitative estimate of drug-likeness (QED) is 0.826. The second kappa shape index (κ2) is 5.71. The molecule has 2 aromatic rings.